The van der Waals surface area contributed by atoms with Gasteiger partial charge in [0, 0.05) is 13.0 Å². The summed E-state index contributed by atoms with van der Waals surface area (Å²) < 4.78 is 22.2. The van der Waals surface area contributed by atoms with E-state index in [1.807, 2.05) is 30.3 Å². The van der Waals surface area contributed by atoms with Crippen LogP contribution in [0.25, 0.3) is 0 Å². The molecule has 0 bridgehead atoms. The zero-order chi connectivity index (χ0) is 19.9. The van der Waals surface area contributed by atoms with E-state index in [2.05, 4.69) is 5.32 Å². The van der Waals surface area contributed by atoms with Crippen molar-refractivity contribution in [2.45, 2.75) is 64.6 Å². The van der Waals surface area contributed by atoms with E-state index in [-0.39, 0.29) is 0 Å². The zero-order valence-electron chi connectivity index (χ0n) is 16.4. The molecular formula is C20H29NO6. The van der Waals surface area contributed by atoms with Crippen LogP contribution in [0.1, 0.15) is 39.7 Å². The Balaban J connectivity index is 1.92. The van der Waals surface area contributed by atoms with Gasteiger partial charge in [-0.25, -0.2) is 9.59 Å². The number of hydrogen-bond acceptors (Lipinski definition) is 6. The van der Waals surface area contributed by atoms with Crippen molar-refractivity contribution in [3.05, 3.63) is 35.9 Å². The molecule has 7 nitrogen and oxygen atoms in total. The Bertz CT molecular complexity index is 613. The summed E-state index contributed by atoms with van der Waals surface area (Å²) in [5.74, 6) is -0.521. The standard InChI is InChI=1S/C20H29NO6/c1-14-17(25-12-15-8-6-5-7-9-15)13-24-11-10-16(18(22)26-14)21-19(23)27-20(2,3)4/h5-9,14,16-17H,10-13H2,1-4H3,(H,21,23)/t14-,16-,17+/m0/s1. The molecule has 1 aliphatic rings. The van der Waals surface area contributed by atoms with Crippen molar-refractivity contribution in [3.8, 4) is 0 Å². The molecule has 1 fully saturated rings. The van der Waals surface area contributed by atoms with Crippen molar-refractivity contribution < 1.29 is 28.5 Å². The van der Waals surface area contributed by atoms with Crippen LogP contribution in [0.5, 0.6) is 0 Å². The highest BCUT2D eigenvalue weighted by Gasteiger charge is 2.31. The first-order valence-corrected chi connectivity index (χ1v) is 9.18. The Morgan fingerprint density at radius 3 is 2.63 bits per heavy atom. The average molecular weight is 379 g/mol. The first-order valence-electron chi connectivity index (χ1n) is 9.18. The van der Waals surface area contributed by atoms with Crippen molar-refractivity contribution in [2.75, 3.05) is 13.2 Å². The number of benzene rings is 1. The van der Waals surface area contributed by atoms with E-state index in [9.17, 15) is 9.59 Å². The quantitative estimate of drug-likeness (QED) is 0.810. The number of cyclic esters (lactones) is 1. The van der Waals surface area contributed by atoms with Crippen molar-refractivity contribution >= 4 is 12.1 Å². The lowest BCUT2D eigenvalue weighted by molar-refractivity contribution is -0.160. The van der Waals surface area contributed by atoms with Gasteiger partial charge in [0.25, 0.3) is 0 Å². The molecule has 1 saturated heterocycles. The molecule has 0 saturated carbocycles. The van der Waals surface area contributed by atoms with Crippen LogP contribution in [0.2, 0.25) is 0 Å². The number of alkyl carbamates (subject to hydrolysis) is 1. The maximum Gasteiger partial charge on any atom is 0.408 e. The molecule has 1 heterocycles. The molecule has 7 heteroatoms. The van der Waals surface area contributed by atoms with Crippen LogP contribution in [0.4, 0.5) is 4.79 Å². The van der Waals surface area contributed by atoms with E-state index in [1.165, 1.54) is 0 Å². The number of carbonyl (C=O) groups excluding carboxylic acids is 2. The summed E-state index contributed by atoms with van der Waals surface area (Å²) in [5, 5.41) is 2.56. The van der Waals surface area contributed by atoms with E-state index >= 15 is 0 Å². The first kappa shape index (κ1) is 21.2. The Labute approximate surface area is 160 Å². The summed E-state index contributed by atoms with van der Waals surface area (Å²) in [6.07, 6.45) is -1.26. The van der Waals surface area contributed by atoms with Gasteiger partial charge in [0.1, 0.15) is 23.9 Å². The van der Waals surface area contributed by atoms with E-state index in [0.29, 0.717) is 26.2 Å². The molecule has 2 rings (SSSR count). The van der Waals surface area contributed by atoms with Crippen LogP contribution in [0.15, 0.2) is 30.3 Å². The molecule has 0 unspecified atom stereocenters. The monoisotopic (exact) mass is 379 g/mol. The topological polar surface area (TPSA) is 83.1 Å². The Morgan fingerprint density at radius 2 is 1.96 bits per heavy atom. The molecule has 1 aromatic carbocycles. The lowest BCUT2D eigenvalue weighted by atomic mass is 10.2. The molecule has 0 spiro atoms. The third-order valence-corrected chi connectivity index (χ3v) is 3.94. The molecule has 1 aliphatic heterocycles. The second-order valence-electron chi connectivity index (χ2n) is 7.54. The maximum atomic E-state index is 12.4. The van der Waals surface area contributed by atoms with Gasteiger partial charge in [-0.1, -0.05) is 30.3 Å². The molecule has 0 aromatic heterocycles. The Kier molecular flexibility index (Phi) is 7.62. The van der Waals surface area contributed by atoms with Crippen molar-refractivity contribution in [1.82, 2.24) is 5.32 Å². The van der Waals surface area contributed by atoms with Crippen LogP contribution >= 0.6 is 0 Å². The predicted octanol–water partition coefficient (Wildman–Crippen LogP) is 2.82. The summed E-state index contributed by atoms with van der Waals surface area (Å²) in [4.78, 5) is 24.4. The Hall–Kier alpha value is -2.12. The maximum absolute atomic E-state index is 12.4. The lowest BCUT2D eigenvalue weighted by Gasteiger charge is -2.25. The van der Waals surface area contributed by atoms with Gasteiger partial charge in [-0.2, -0.15) is 0 Å². The van der Waals surface area contributed by atoms with Crippen molar-refractivity contribution in [3.63, 3.8) is 0 Å². The van der Waals surface area contributed by atoms with Crippen LogP contribution in [0.3, 0.4) is 0 Å². The van der Waals surface area contributed by atoms with Crippen LogP contribution in [0, 0.1) is 0 Å². The van der Waals surface area contributed by atoms with Crippen molar-refractivity contribution in [2.24, 2.45) is 0 Å². The van der Waals surface area contributed by atoms with Gasteiger partial charge in [-0.3, -0.25) is 0 Å². The fourth-order valence-corrected chi connectivity index (χ4v) is 2.54. The minimum atomic E-state index is -0.824. The highest BCUT2D eigenvalue weighted by atomic mass is 16.6. The third kappa shape index (κ3) is 7.56. The van der Waals surface area contributed by atoms with Crippen LogP contribution < -0.4 is 5.32 Å². The van der Waals surface area contributed by atoms with Crippen LogP contribution in [-0.4, -0.2) is 49.1 Å². The number of rotatable bonds is 4. The van der Waals surface area contributed by atoms with Gasteiger partial charge in [-0.05, 0) is 33.3 Å². The molecule has 27 heavy (non-hydrogen) atoms. The zero-order valence-corrected chi connectivity index (χ0v) is 16.4. The molecular weight excluding hydrogens is 350 g/mol. The third-order valence-electron chi connectivity index (χ3n) is 3.94. The van der Waals surface area contributed by atoms with Gasteiger partial charge in [0.05, 0.1) is 13.2 Å². The average Bonchev–Trinajstić information content (AvgIpc) is 2.64. The first-order chi connectivity index (χ1) is 12.7. The van der Waals surface area contributed by atoms with Gasteiger partial charge in [-0.15, -0.1) is 0 Å². The summed E-state index contributed by atoms with van der Waals surface area (Å²) in [6, 6.07) is 8.93. The molecule has 3 atom stereocenters. The second-order valence-corrected chi connectivity index (χ2v) is 7.54. The largest absolute Gasteiger partial charge is 0.458 e. The summed E-state index contributed by atoms with van der Waals surface area (Å²) in [7, 11) is 0. The van der Waals surface area contributed by atoms with Gasteiger partial charge in [0.15, 0.2) is 0 Å². The molecule has 1 N–H and O–H groups in total. The highest BCUT2D eigenvalue weighted by molar-refractivity contribution is 5.81. The van der Waals surface area contributed by atoms with Gasteiger partial charge >= 0.3 is 12.1 Å². The van der Waals surface area contributed by atoms with Crippen molar-refractivity contribution in [1.29, 1.82) is 0 Å². The highest BCUT2D eigenvalue weighted by Crippen LogP contribution is 2.14. The van der Waals surface area contributed by atoms with Gasteiger partial charge in [0.2, 0.25) is 0 Å². The number of esters is 1. The predicted molar refractivity (Wildman–Crippen MR) is 99.2 cm³/mol. The minimum Gasteiger partial charge on any atom is -0.458 e. The fraction of sp³-hybridized carbons (Fsp3) is 0.600. The summed E-state index contributed by atoms with van der Waals surface area (Å²) >= 11 is 0. The molecule has 0 radical (unpaired) electrons. The molecule has 150 valence electrons. The van der Waals surface area contributed by atoms with E-state index in [0.717, 1.165) is 5.56 Å². The number of amides is 1. The van der Waals surface area contributed by atoms with E-state index in [4.69, 9.17) is 18.9 Å². The van der Waals surface area contributed by atoms with Crippen LogP contribution in [-0.2, 0) is 30.3 Å². The van der Waals surface area contributed by atoms with E-state index in [1.54, 1.807) is 27.7 Å². The molecule has 0 aliphatic carbocycles. The number of carbonyl (C=O) groups is 2. The molecule has 1 aromatic rings. The Morgan fingerprint density at radius 1 is 1.26 bits per heavy atom. The molecule has 1 amide bonds. The smallest absolute Gasteiger partial charge is 0.408 e. The minimum absolute atomic E-state index is 0.299. The fourth-order valence-electron chi connectivity index (χ4n) is 2.54. The number of nitrogens with one attached hydrogen (secondary N) is 1. The number of ether oxygens (including phenoxy) is 4. The SMILES string of the molecule is C[C@@H]1OC(=O)[C@@H](NC(=O)OC(C)(C)C)CCOC[C@H]1OCc1ccccc1. The van der Waals surface area contributed by atoms with E-state index < -0.39 is 35.9 Å². The summed E-state index contributed by atoms with van der Waals surface area (Å²) in [6.45, 7) is 8.03. The van der Waals surface area contributed by atoms with Gasteiger partial charge < -0.3 is 24.3 Å². The summed E-state index contributed by atoms with van der Waals surface area (Å²) in [5.41, 5.74) is 0.382. The normalized spacial score (nSPS) is 24.1. The number of hydrogen-bond donors (Lipinski definition) is 1. The second kappa shape index (κ2) is 9.71. The lowest BCUT2D eigenvalue weighted by Crippen LogP contribution is -2.46.